The molecule has 0 amide bonds. The molecule has 0 aromatic rings. The highest BCUT2D eigenvalue weighted by atomic mass is 31.2. The molecule has 16 nitrogen and oxygen atoms in total. The van der Waals surface area contributed by atoms with Crippen LogP contribution in [0.1, 0.15) is 239 Å². The minimum atomic E-state index is -4.95. The summed E-state index contributed by atoms with van der Waals surface area (Å²) in [5, 5.41) is 20.6. The zero-order valence-electron chi connectivity index (χ0n) is 59.4. The number of ether oxygens (including phenoxy) is 3. The molecule has 5 unspecified atom stereocenters. The molecule has 0 bridgehead atoms. The minimum Gasteiger partial charge on any atom is -0.463 e. The van der Waals surface area contributed by atoms with Crippen molar-refractivity contribution in [1.29, 1.82) is 0 Å². The summed E-state index contributed by atoms with van der Waals surface area (Å²) in [4.78, 5) is 58.5. The van der Waals surface area contributed by atoms with Gasteiger partial charge in [-0.3, -0.25) is 32.5 Å². The summed E-state index contributed by atoms with van der Waals surface area (Å²) in [6.07, 6.45) is 89.4. The van der Waals surface area contributed by atoms with Crippen LogP contribution in [0.4, 0.5) is 0 Å². The topological polar surface area (TPSA) is 231 Å². The highest BCUT2D eigenvalue weighted by Crippen LogP contribution is 2.45. The van der Waals surface area contributed by atoms with E-state index in [4.69, 9.17) is 32.3 Å². The van der Waals surface area contributed by atoms with E-state index >= 15 is 0 Å². The van der Waals surface area contributed by atoms with E-state index < -0.39 is 91.5 Å². The molecule has 0 aromatic carbocycles. The van der Waals surface area contributed by atoms with E-state index in [-0.39, 0.29) is 19.3 Å². The van der Waals surface area contributed by atoms with Gasteiger partial charge in [0.2, 0.25) is 0 Å². The number of rotatable bonds is 66. The molecule has 0 fully saturated rings. The van der Waals surface area contributed by atoms with Gasteiger partial charge in [-0.1, -0.05) is 248 Å². The number of hydrogen-bond donors (Lipinski definition) is 4. The first-order chi connectivity index (χ1) is 47.2. The number of aliphatic hydroxyl groups is 2. The SMILES string of the molecule is CC/C=C\C/C=C\C/C=C\C/C=C\C/C=C\C/C=C\CCCCCCCCC(=O)OCC(O)COP(=O)(O)OCC(O)COP(=O)(O)OCC(COC(=O)CCCCC/C=C\C/C=C\C/C=C\C/C=C\C/C=C\CC)OC(=O)CCCCCC/C=C\C/C=C\C/C=C\C/C=C\CC. The van der Waals surface area contributed by atoms with Gasteiger partial charge in [0.1, 0.15) is 25.4 Å². The van der Waals surface area contributed by atoms with Crippen LogP contribution in [0, 0.1) is 0 Å². The number of phosphoric ester groups is 2. The molecule has 0 spiro atoms. The fourth-order valence-electron chi connectivity index (χ4n) is 8.71. The van der Waals surface area contributed by atoms with Gasteiger partial charge in [0.25, 0.3) is 0 Å². The number of carbonyl (C=O) groups is 3. The molecule has 18 heteroatoms. The Labute approximate surface area is 585 Å². The number of esters is 3. The third kappa shape index (κ3) is 71.7. The van der Waals surface area contributed by atoms with Crippen LogP contribution in [-0.4, -0.2) is 95.9 Å². The third-order valence-corrected chi connectivity index (χ3v) is 16.0. The second kappa shape index (κ2) is 70.5. The Morgan fingerprint density at radius 2 is 0.515 bits per heavy atom. The fourth-order valence-corrected chi connectivity index (χ4v) is 10.3. The van der Waals surface area contributed by atoms with Gasteiger partial charge in [0.15, 0.2) is 6.10 Å². The number of aliphatic hydroxyl groups excluding tert-OH is 2. The maximum Gasteiger partial charge on any atom is 0.472 e. The molecule has 5 atom stereocenters. The molecule has 0 radical (unpaired) electrons. The van der Waals surface area contributed by atoms with Crippen molar-refractivity contribution in [3.63, 3.8) is 0 Å². The van der Waals surface area contributed by atoms with Crippen molar-refractivity contribution in [2.45, 2.75) is 257 Å². The van der Waals surface area contributed by atoms with Crippen molar-refractivity contribution in [3.05, 3.63) is 182 Å². The summed E-state index contributed by atoms with van der Waals surface area (Å²) in [5.74, 6) is -1.67. The van der Waals surface area contributed by atoms with Gasteiger partial charge in [-0.25, -0.2) is 9.13 Å². The lowest BCUT2D eigenvalue weighted by molar-refractivity contribution is -0.161. The van der Waals surface area contributed by atoms with Crippen LogP contribution >= 0.6 is 15.6 Å². The predicted octanol–water partition coefficient (Wildman–Crippen LogP) is 20.6. The van der Waals surface area contributed by atoms with E-state index in [1.165, 1.54) is 0 Å². The molecule has 548 valence electrons. The smallest absolute Gasteiger partial charge is 0.463 e. The first kappa shape index (κ1) is 91.6. The Bertz CT molecular complexity index is 2490. The zero-order chi connectivity index (χ0) is 70.9. The van der Waals surface area contributed by atoms with Crippen LogP contribution in [0.15, 0.2) is 182 Å². The molecular weight excluding hydrogens is 1270 g/mol. The van der Waals surface area contributed by atoms with Crippen molar-refractivity contribution in [2.24, 2.45) is 0 Å². The molecular formula is C79H126O16P2. The van der Waals surface area contributed by atoms with Gasteiger partial charge >= 0.3 is 33.6 Å². The maximum atomic E-state index is 12.9. The Hall–Kier alpha value is -5.35. The van der Waals surface area contributed by atoms with Crippen molar-refractivity contribution in [3.8, 4) is 0 Å². The maximum absolute atomic E-state index is 12.9. The average Bonchev–Trinajstić information content (AvgIpc) is 2.50. The van der Waals surface area contributed by atoms with Gasteiger partial charge in [0, 0.05) is 19.3 Å². The lowest BCUT2D eigenvalue weighted by Gasteiger charge is -2.21. The summed E-state index contributed by atoms with van der Waals surface area (Å²) >= 11 is 0. The number of hydrogen-bond acceptors (Lipinski definition) is 14. The summed E-state index contributed by atoms with van der Waals surface area (Å²) in [6.45, 7) is 2.21. The van der Waals surface area contributed by atoms with E-state index in [2.05, 4.69) is 203 Å². The average molecular weight is 1390 g/mol. The standard InChI is InChI=1S/C79H126O16P2/c1-4-7-10-13-16-19-22-25-28-31-33-34-35-36-37-38-40-43-44-47-50-53-56-59-62-65-77(82)89-68-74(80)69-91-96(85,86)92-70-75(81)71-93-97(87,88)94-73-76(95-79(84)67-64-61-58-55-52-49-46-41-30-27-24-21-18-15-12-9-6-3)72-90-78(83)66-63-60-57-54-51-48-45-42-39-32-29-26-23-20-17-14-11-8-5-2/h7-12,16-21,25-30,33-34,36-37,39-40,42-43,46,48-49,51,74-76,80-81H,4-6,13-15,22-24,31-32,35,38,41,44-45,47,50,52-73H2,1-3H3,(H,85,86)(H,87,88)/b10-7-,11-8-,12-9-,19-16-,20-17-,21-18-,28-25-,29-26-,30-27-,34-33-,37-36-,42-39-,43-40-,49-46-,51-48-. The summed E-state index contributed by atoms with van der Waals surface area (Å²) in [5.41, 5.74) is 0. The van der Waals surface area contributed by atoms with Crippen molar-refractivity contribution >= 4 is 33.6 Å². The zero-order valence-corrected chi connectivity index (χ0v) is 61.2. The highest BCUT2D eigenvalue weighted by molar-refractivity contribution is 7.47. The van der Waals surface area contributed by atoms with Crippen LogP contribution in [0.2, 0.25) is 0 Å². The third-order valence-electron chi connectivity index (χ3n) is 14.1. The first-order valence-electron chi connectivity index (χ1n) is 36.1. The number of phosphoric acid groups is 2. The molecule has 0 rings (SSSR count). The first-order valence-corrected chi connectivity index (χ1v) is 39.1. The van der Waals surface area contributed by atoms with E-state index in [0.29, 0.717) is 19.3 Å². The Balaban J connectivity index is 4.72. The van der Waals surface area contributed by atoms with Crippen molar-refractivity contribution in [2.75, 3.05) is 39.6 Å². The molecule has 0 saturated heterocycles. The molecule has 0 saturated carbocycles. The second-order valence-electron chi connectivity index (χ2n) is 23.2. The molecule has 4 N–H and O–H groups in total. The summed E-state index contributed by atoms with van der Waals surface area (Å²) < 4.78 is 60.9. The monoisotopic (exact) mass is 1390 g/mol. The van der Waals surface area contributed by atoms with E-state index in [9.17, 15) is 43.5 Å². The highest BCUT2D eigenvalue weighted by Gasteiger charge is 2.29. The van der Waals surface area contributed by atoms with Crippen LogP contribution in [0.25, 0.3) is 0 Å². The van der Waals surface area contributed by atoms with Crippen molar-refractivity contribution in [1.82, 2.24) is 0 Å². The quantitative estimate of drug-likeness (QED) is 0.0146. The van der Waals surface area contributed by atoms with Gasteiger partial charge in [-0.15, -0.1) is 0 Å². The molecule has 0 aliphatic heterocycles. The fraction of sp³-hybridized carbons (Fsp3) is 0.582. The van der Waals surface area contributed by atoms with E-state index in [0.717, 1.165) is 180 Å². The number of carbonyl (C=O) groups excluding carboxylic acids is 3. The lowest BCUT2D eigenvalue weighted by atomic mass is 10.1. The van der Waals surface area contributed by atoms with Crippen LogP contribution in [-0.2, 0) is 55.8 Å². The van der Waals surface area contributed by atoms with Gasteiger partial charge in [-0.2, -0.15) is 0 Å². The lowest BCUT2D eigenvalue weighted by Crippen LogP contribution is -2.30. The van der Waals surface area contributed by atoms with Crippen LogP contribution < -0.4 is 0 Å². The van der Waals surface area contributed by atoms with Crippen molar-refractivity contribution < 1.29 is 75.8 Å². The van der Waals surface area contributed by atoms with Crippen LogP contribution in [0.5, 0.6) is 0 Å². The molecule has 0 aromatic heterocycles. The second-order valence-corrected chi connectivity index (χ2v) is 26.1. The Kier molecular flexibility index (Phi) is 66.6. The van der Waals surface area contributed by atoms with Gasteiger partial charge < -0.3 is 34.2 Å². The molecule has 0 heterocycles. The van der Waals surface area contributed by atoms with Gasteiger partial charge in [0.05, 0.1) is 26.4 Å². The Morgan fingerprint density at radius 3 is 0.825 bits per heavy atom. The largest absolute Gasteiger partial charge is 0.472 e. The number of unbranched alkanes of at least 4 members (excludes halogenated alkanes) is 13. The van der Waals surface area contributed by atoms with Gasteiger partial charge in [-0.05, 0) is 154 Å². The van der Waals surface area contributed by atoms with E-state index in [1.807, 2.05) is 0 Å². The predicted molar refractivity (Wildman–Crippen MR) is 398 cm³/mol. The molecule has 97 heavy (non-hydrogen) atoms. The summed E-state index contributed by atoms with van der Waals surface area (Å²) in [6, 6.07) is 0. The summed E-state index contributed by atoms with van der Waals surface area (Å²) in [7, 11) is -9.82. The van der Waals surface area contributed by atoms with E-state index in [1.54, 1.807) is 0 Å². The molecule has 0 aliphatic carbocycles. The normalized spacial score (nSPS) is 15.2. The molecule has 0 aliphatic rings. The number of allylic oxidation sites excluding steroid dienone is 30. The van der Waals surface area contributed by atoms with Crippen LogP contribution in [0.3, 0.4) is 0 Å². The Morgan fingerprint density at radius 1 is 0.289 bits per heavy atom. The minimum absolute atomic E-state index is 0.0609.